The van der Waals surface area contributed by atoms with E-state index in [4.69, 9.17) is 4.84 Å². The molecule has 6 nitrogen and oxygen atoms in total. The van der Waals surface area contributed by atoms with Crippen molar-refractivity contribution < 1.29 is 9.63 Å². The Morgan fingerprint density at radius 2 is 1.76 bits per heavy atom. The van der Waals surface area contributed by atoms with E-state index in [0.717, 1.165) is 16.9 Å². The first-order chi connectivity index (χ1) is 12.3. The highest BCUT2D eigenvalue weighted by molar-refractivity contribution is 5.98. The predicted molar refractivity (Wildman–Crippen MR) is 94.5 cm³/mol. The van der Waals surface area contributed by atoms with E-state index in [2.05, 4.69) is 20.8 Å². The normalized spacial score (nSPS) is 10.2. The second-order valence-corrected chi connectivity index (χ2v) is 5.30. The van der Waals surface area contributed by atoms with Crippen molar-refractivity contribution in [2.45, 2.75) is 13.2 Å². The van der Waals surface area contributed by atoms with Crippen LogP contribution < -0.4 is 10.8 Å². The fraction of sp³-hybridized carbons (Fsp3) is 0.105. The molecule has 0 unspecified atom stereocenters. The Bertz CT molecular complexity index is 810. The molecule has 6 heteroatoms. The van der Waals surface area contributed by atoms with Gasteiger partial charge < -0.3 is 5.32 Å². The van der Waals surface area contributed by atoms with Crippen LogP contribution in [0.25, 0.3) is 0 Å². The molecule has 0 aliphatic carbocycles. The fourth-order valence-electron chi connectivity index (χ4n) is 2.25. The summed E-state index contributed by atoms with van der Waals surface area (Å²) in [6.07, 6.45) is 5.15. The second kappa shape index (κ2) is 8.56. The minimum Gasteiger partial charge on any atom is -0.380 e. The first kappa shape index (κ1) is 16.6. The van der Waals surface area contributed by atoms with Crippen LogP contribution in [-0.2, 0) is 18.0 Å². The Morgan fingerprint density at radius 3 is 2.56 bits per heavy atom. The summed E-state index contributed by atoms with van der Waals surface area (Å²) in [6.45, 7) is 0.806. The van der Waals surface area contributed by atoms with E-state index in [9.17, 15) is 4.79 Å². The molecule has 0 atom stereocenters. The Kier molecular flexibility index (Phi) is 5.68. The van der Waals surface area contributed by atoms with Gasteiger partial charge in [-0.05, 0) is 42.0 Å². The Labute approximate surface area is 145 Å². The van der Waals surface area contributed by atoms with E-state index in [-0.39, 0.29) is 12.5 Å². The van der Waals surface area contributed by atoms with Gasteiger partial charge in [0.05, 0.1) is 11.3 Å². The lowest BCUT2D eigenvalue weighted by Crippen LogP contribution is -2.24. The number of hydrogen-bond acceptors (Lipinski definition) is 5. The topological polar surface area (TPSA) is 76.1 Å². The molecule has 1 aromatic carbocycles. The third kappa shape index (κ3) is 4.86. The maximum Gasteiger partial charge on any atom is 0.276 e. The number of amides is 1. The number of rotatable bonds is 7. The highest BCUT2D eigenvalue weighted by Gasteiger charge is 2.11. The Morgan fingerprint density at radius 1 is 0.960 bits per heavy atom. The lowest BCUT2D eigenvalue weighted by Gasteiger charge is -2.12. The van der Waals surface area contributed by atoms with Crippen LogP contribution in [0.4, 0.5) is 5.69 Å². The van der Waals surface area contributed by atoms with Crippen LogP contribution >= 0.6 is 0 Å². The standard InChI is InChI=1S/C19H18N4O2/c24-19(23-25-14-16-5-3-4-10-21-16)17-6-1-2-7-18(17)22-13-15-8-11-20-12-9-15/h1-12,22H,13-14H2,(H,23,24). The zero-order chi connectivity index (χ0) is 17.3. The molecule has 2 aromatic heterocycles. The lowest BCUT2D eigenvalue weighted by atomic mass is 10.1. The molecular formula is C19H18N4O2. The van der Waals surface area contributed by atoms with E-state index < -0.39 is 0 Å². The maximum atomic E-state index is 12.4. The first-order valence-electron chi connectivity index (χ1n) is 7.87. The van der Waals surface area contributed by atoms with Gasteiger partial charge in [0.25, 0.3) is 5.91 Å². The third-order valence-electron chi connectivity index (χ3n) is 3.52. The fourth-order valence-corrected chi connectivity index (χ4v) is 2.25. The van der Waals surface area contributed by atoms with Crippen molar-refractivity contribution in [2.75, 3.05) is 5.32 Å². The molecule has 1 amide bonds. The number of carbonyl (C=O) groups excluding carboxylic acids is 1. The first-order valence-corrected chi connectivity index (χ1v) is 7.87. The molecule has 3 rings (SSSR count). The highest BCUT2D eigenvalue weighted by Crippen LogP contribution is 2.16. The van der Waals surface area contributed by atoms with Crippen molar-refractivity contribution in [1.82, 2.24) is 15.4 Å². The molecule has 0 fully saturated rings. The van der Waals surface area contributed by atoms with E-state index in [1.54, 1.807) is 24.7 Å². The van der Waals surface area contributed by atoms with E-state index in [1.165, 1.54) is 0 Å². The van der Waals surface area contributed by atoms with Crippen LogP contribution in [0.1, 0.15) is 21.6 Å². The summed E-state index contributed by atoms with van der Waals surface area (Å²) in [6, 6.07) is 16.7. The quantitative estimate of drug-likeness (QED) is 0.650. The number of aromatic nitrogens is 2. The van der Waals surface area contributed by atoms with Crippen LogP contribution in [0.15, 0.2) is 73.2 Å². The summed E-state index contributed by atoms with van der Waals surface area (Å²) in [4.78, 5) is 25.7. The van der Waals surface area contributed by atoms with Crippen LogP contribution in [0.3, 0.4) is 0 Å². The highest BCUT2D eigenvalue weighted by atomic mass is 16.6. The van der Waals surface area contributed by atoms with Gasteiger partial charge in [-0.1, -0.05) is 18.2 Å². The number of hydroxylamine groups is 1. The molecule has 0 aliphatic rings. The number of nitrogens with zero attached hydrogens (tertiary/aromatic N) is 2. The van der Waals surface area contributed by atoms with Crippen LogP contribution in [0.2, 0.25) is 0 Å². The van der Waals surface area contributed by atoms with Gasteiger partial charge in [0, 0.05) is 30.8 Å². The van der Waals surface area contributed by atoms with Gasteiger partial charge in [-0.3, -0.25) is 19.6 Å². The minimum absolute atomic E-state index is 0.208. The van der Waals surface area contributed by atoms with Crippen LogP contribution in [0, 0.1) is 0 Å². The SMILES string of the molecule is O=C(NOCc1ccccn1)c1ccccc1NCc1ccncc1. The number of carbonyl (C=O) groups is 1. The summed E-state index contributed by atoms with van der Waals surface area (Å²) < 4.78 is 0. The van der Waals surface area contributed by atoms with Gasteiger partial charge in [-0.2, -0.15) is 0 Å². The smallest absolute Gasteiger partial charge is 0.276 e. The molecule has 25 heavy (non-hydrogen) atoms. The molecule has 0 saturated heterocycles. The number of pyridine rings is 2. The third-order valence-corrected chi connectivity index (χ3v) is 3.52. The zero-order valence-corrected chi connectivity index (χ0v) is 13.6. The monoisotopic (exact) mass is 334 g/mol. The van der Waals surface area contributed by atoms with Gasteiger partial charge in [0.1, 0.15) is 6.61 Å². The van der Waals surface area contributed by atoms with Crippen molar-refractivity contribution in [3.8, 4) is 0 Å². The summed E-state index contributed by atoms with van der Waals surface area (Å²) in [5, 5.41) is 3.26. The number of nitrogens with one attached hydrogen (secondary N) is 2. The molecule has 3 aromatic rings. The van der Waals surface area contributed by atoms with Crippen LogP contribution in [-0.4, -0.2) is 15.9 Å². The molecule has 0 bridgehead atoms. The Hall–Kier alpha value is -3.25. The van der Waals surface area contributed by atoms with Crippen LogP contribution in [0.5, 0.6) is 0 Å². The van der Waals surface area contributed by atoms with Crippen molar-refractivity contribution in [1.29, 1.82) is 0 Å². The van der Waals surface area contributed by atoms with Gasteiger partial charge >= 0.3 is 0 Å². The van der Waals surface area contributed by atoms with Crippen molar-refractivity contribution in [3.05, 3.63) is 90.0 Å². The summed E-state index contributed by atoms with van der Waals surface area (Å²) in [5.74, 6) is -0.311. The summed E-state index contributed by atoms with van der Waals surface area (Å²) in [7, 11) is 0. The predicted octanol–water partition coefficient (Wildman–Crippen LogP) is 2.95. The average Bonchev–Trinajstić information content (AvgIpc) is 2.68. The van der Waals surface area contributed by atoms with Crippen molar-refractivity contribution >= 4 is 11.6 Å². The van der Waals surface area contributed by atoms with Gasteiger partial charge in [0.15, 0.2) is 0 Å². The lowest BCUT2D eigenvalue weighted by molar-refractivity contribution is 0.0222. The number of hydrogen-bond donors (Lipinski definition) is 2. The van der Waals surface area contributed by atoms with Gasteiger partial charge in [-0.25, -0.2) is 5.48 Å². The molecule has 2 N–H and O–H groups in total. The molecule has 0 radical (unpaired) electrons. The average molecular weight is 334 g/mol. The number of anilines is 1. The number of para-hydroxylation sites is 1. The van der Waals surface area contributed by atoms with E-state index in [0.29, 0.717) is 12.1 Å². The molecular weight excluding hydrogens is 316 g/mol. The number of benzene rings is 1. The maximum absolute atomic E-state index is 12.4. The zero-order valence-electron chi connectivity index (χ0n) is 13.6. The van der Waals surface area contributed by atoms with Crippen molar-refractivity contribution in [2.24, 2.45) is 0 Å². The minimum atomic E-state index is -0.311. The molecule has 0 spiro atoms. The van der Waals surface area contributed by atoms with E-state index in [1.807, 2.05) is 48.5 Å². The van der Waals surface area contributed by atoms with E-state index >= 15 is 0 Å². The largest absolute Gasteiger partial charge is 0.380 e. The molecule has 0 saturated carbocycles. The van der Waals surface area contributed by atoms with Crippen molar-refractivity contribution in [3.63, 3.8) is 0 Å². The summed E-state index contributed by atoms with van der Waals surface area (Å²) >= 11 is 0. The molecule has 0 aliphatic heterocycles. The summed E-state index contributed by atoms with van der Waals surface area (Å²) in [5.41, 5.74) is 5.53. The Balaban J connectivity index is 1.58. The van der Waals surface area contributed by atoms with Gasteiger partial charge in [0.2, 0.25) is 0 Å². The van der Waals surface area contributed by atoms with Gasteiger partial charge in [-0.15, -0.1) is 0 Å². The molecule has 2 heterocycles. The second-order valence-electron chi connectivity index (χ2n) is 5.30. The molecule has 126 valence electrons.